The lowest BCUT2D eigenvalue weighted by atomic mass is 10.1. The van der Waals surface area contributed by atoms with Gasteiger partial charge in [-0.1, -0.05) is 0 Å². The third kappa shape index (κ3) is 4.91. The minimum Gasteiger partial charge on any atom is -0.493 e. The molecule has 1 aliphatic rings. The Balaban J connectivity index is 0.00000264. The van der Waals surface area contributed by atoms with Crippen LogP contribution in [0.5, 0.6) is 17.2 Å². The predicted molar refractivity (Wildman–Crippen MR) is 90.8 cm³/mol. The van der Waals surface area contributed by atoms with Gasteiger partial charge in [-0.25, -0.2) is 0 Å². The number of nitrogens with one attached hydrogen (secondary N) is 1. The Morgan fingerprint density at radius 2 is 1.78 bits per heavy atom. The molecule has 0 spiro atoms. The van der Waals surface area contributed by atoms with E-state index in [0.717, 1.165) is 18.4 Å². The normalized spacial score (nSPS) is 14.4. The SMILES string of the molecule is COc1cc(CC(=O)NC(CN)C2CC2)cc(OC)c1OC.Cl. The Bertz CT molecular complexity index is 510. The van der Waals surface area contributed by atoms with Crippen molar-refractivity contribution in [3.8, 4) is 17.2 Å². The molecule has 1 unspecified atom stereocenters. The fourth-order valence-corrected chi connectivity index (χ4v) is 2.55. The first-order chi connectivity index (χ1) is 10.6. The lowest BCUT2D eigenvalue weighted by Gasteiger charge is -2.17. The largest absolute Gasteiger partial charge is 0.493 e. The Kier molecular flexibility index (Phi) is 7.45. The summed E-state index contributed by atoms with van der Waals surface area (Å²) in [6, 6.07) is 3.65. The fraction of sp³-hybridized carbons (Fsp3) is 0.562. The second kappa shape index (κ2) is 8.84. The van der Waals surface area contributed by atoms with Gasteiger partial charge in [0.25, 0.3) is 0 Å². The first kappa shape index (κ1) is 19.4. The second-order valence-electron chi connectivity index (χ2n) is 5.46. The highest BCUT2D eigenvalue weighted by Crippen LogP contribution is 2.38. The van der Waals surface area contributed by atoms with E-state index in [4.69, 9.17) is 19.9 Å². The summed E-state index contributed by atoms with van der Waals surface area (Å²) in [6.45, 7) is 0.478. The molecular weight excluding hydrogens is 320 g/mol. The number of carbonyl (C=O) groups is 1. The molecule has 130 valence electrons. The van der Waals surface area contributed by atoms with Gasteiger partial charge in [0, 0.05) is 12.6 Å². The molecule has 0 radical (unpaired) electrons. The Morgan fingerprint density at radius 3 is 2.17 bits per heavy atom. The number of carbonyl (C=O) groups excluding carboxylic acids is 1. The minimum atomic E-state index is -0.0448. The molecule has 0 aromatic heterocycles. The standard InChI is InChI=1S/C16H24N2O4.ClH/c1-20-13-6-10(7-14(21-2)16(13)22-3)8-15(19)18-12(9-17)11-4-5-11;/h6-7,11-12H,4-5,8-9,17H2,1-3H3,(H,18,19);1H. The van der Waals surface area contributed by atoms with Crippen molar-refractivity contribution in [3.63, 3.8) is 0 Å². The zero-order chi connectivity index (χ0) is 16.1. The average Bonchev–Trinajstić information content (AvgIpc) is 3.36. The highest BCUT2D eigenvalue weighted by atomic mass is 35.5. The van der Waals surface area contributed by atoms with Crippen molar-refractivity contribution in [2.75, 3.05) is 27.9 Å². The molecule has 1 fully saturated rings. The number of hydrogen-bond donors (Lipinski definition) is 2. The zero-order valence-corrected chi connectivity index (χ0v) is 14.6. The van der Waals surface area contributed by atoms with Gasteiger partial charge in [-0.2, -0.15) is 0 Å². The second-order valence-corrected chi connectivity index (χ2v) is 5.46. The zero-order valence-electron chi connectivity index (χ0n) is 13.8. The van der Waals surface area contributed by atoms with Crippen molar-refractivity contribution in [1.29, 1.82) is 0 Å². The number of methoxy groups -OCH3 is 3. The molecule has 0 heterocycles. The van der Waals surface area contributed by atoms with E-state index in [-0.39, 0.29) is 30.8 Å². The number of nitrogens with two attached hydrogens (primary N) is 1. The van der Waals surface area contributed by atoms with Crippen LogP contribution in [-0.2, 0) is 11.2 Å². The van der Waals surface area contributed by atoms with Gasteiger partial charge in [0.15, 0.2) is 11.5 Å². The molecule has 1 aromatic carbocycles. The van der Waals surface area contributed by atoms with E-state index in [1.807, 2.05) is 0 Å². The van der Waals surface area contributed by atoms with Gasteiger partial charge in [0.05, 0.1) is 27.8 Å². The van der Waals surface area contributed by atoms with Crippen LogP contribution < -0.4 is 25.3 Å². The van der Waals surface area contributed by atoms with Crippen molar-refractivity contribution in [3.05, 3.63) is 17.7 Å². The highest BCUT2D eigenvalue weighted by molar-refractivity contribution is 5.85. The molecular formula is C16H25ClN2O4. The average molecular weight is 345 g/mol. The maximum Gasteiger partial charge on any atom is 0.224 e. The van der Waals surface area contributed by atoms with Crippen LogP contribution in [0.1, 0.15) is 18.4 Å². The molecule has 7 heteroatoms. The van der Waals surface area contributed by atoms with E-state index in [0.29, 0.717) is 29.7 Å². The smallest absolute Gasteiger partial charge is 0.224 e. The predicted octanol–water partition coefficient (Wildman–Crippen LogP) is 1.53. The van der Waals surface area contributed by atoms with Crippen LogP contribution in [0.4, 0.5) is 0 Å². The number of benzene rings is 1. The molecule has 6 nitrogen and oxygen atoms in total. The van der Waals surface area contributed by atoms with Crippen molar-refractivity contribution < 1.29 is 19.0 Å². The maximum atomic E-state index is 12.2. The summed E-state index contributed by atoms with van der Waals surface area (Å²) in [6.07, 6.45) is 2.54. The van der Waals surface area contributed by atoms with Gasteiger partial charge in [0.1, 0.15) is 0 Å². The van der Waals surface area contributed by atoms with Crippen LogP contribution in [-0.4, -0.2) is 39.8 Å². The van der Waals surface area contributed by atoms with E-state index in [1.54, 1.807) is 33.5 Å². The molecule has 1 amide bonds. The third-order valence-electron chi connectivity index (χ3n) is 3.88. The van der Waals surface area contributed by atoms with Crippen molar-refractivity contribution in [2.24, 2.45) is 11.7 Å². The molecule has 1 saturated carbocycles. The molecule has 0 saturated heterocycles. The van der Waals surface area contributed by atoms with Crippen LogP contribution in [0.15, 0.2) is 12.1 Å². The van der Waals surface area contributed by atoms with Crippen LogP contribution in [0.3, 0.4) is 0 Å². The van der Waals surface area contributed by atoms with Crippen LogP contribution in [0.25, 0.3) is 0 Å². The van der Waals surface area contributed by atoms with Crippen LogP contribution in [0, 0.1) is 5.92 Å². The summed E-state index contributed by atoms with van der Waals surface area (Å²) in [4.78, 5) is 12.2. The van der Waals surface area contributed by atoms with Gasteiger partial charge in [-0.3, -0.25) is 4.79 Å². The molecule has 3 N–H and O–H groups in total. The fourth-order valence-electron chi connectivity index (χ4n) is 2.55. The summed E-state index contributed by atoms with van der Waals surface area (Å²) >= 11 is 0. The first-order valence-corrected chi connectivity index (χ1v) is 7.41. The Hall–Kier alpha value is -1.66. The Morgan fingerprint density at radius 1 is 1.22 bits per heavy atom. The summed E-state index contributed by atoms with van der Waals surface area (Å²) in [5, 5.41) is 3.00. The minimum absolute atomic E-state index is 0. The Labute approximate surface area is 143 Å². The summed E-state index contributed by atoms with van der Waals surface area (Å²) in [5.74, 6) is 2.10. The summed E-state index contributed by atoms with van der Waals surface area (Å²) in [7, 11) is 4.66. The van der Waals surface area contributed by atoms with E-state index >= 15 is 0 Å². The van der Waals surface area contributed by atoms with Gasteiger partial charge in [-0.05, 0) is 36.5 Å². The molecule has 1 atom stereocenters. The third-order valence-corrected chi connectivity index (χ3v) is 3.88. The van der Waals surface area contributed by atoms with Gasteiger partial charge < -0.3 is 25.3 Å². The number of ether oxygens (including phenoxy) is 3. The van der Waals surface area contributed by atoms with E-state index in [1.165, 1.54) is 0 Å². The monoisotopic (exact) mass is 344 g/mol. The van der Waals surface area contributed by atoms with E-state index in [2.05, 4.69) is 5.32 Å². The lowest BCUT2D eigenvalue weighted by molar-refractivity contribution is -0.121. The van der Waals surface area contributed by atoms with Crippen molar-refractivity contribution in [2.45, 2.75) is 25.3 Å². The number of rotatable bonds is 8. The maximum absolute atomic E-state index is 12.2. The molecule has 2 rings (SSSR count). The van der Waals surface area contributed by atoms with Crippen molar-refractivity contribution in [1.82, 2.24) is 5.32 Å². The first-order valence-electron chi connectivity index (χ1n) is 7.41. The lowest BCUT2D eigenvalue weighted by Crippen LogP contribution is -2.42. The highest BCUT2D eigenvalue weighted by Gasteiger charge is 2.31. The molecule has 1 aromatic rings. The van der Waals surface area contributed by atoms with Gasteiger partial charge in [-0.15, -0.1) is 12.4 Å². The van der Waals surface area contributed by atoms with Crippen LogP contribution in [0.2, 0.25) is 0 Å². The molecule has 23 heavy (non-hydrogen) atoms. The quantitative estimate of drug-likeness (QED) is 0.747. The van der Waals surface area contributed by atoms with Crippen molar-refractivity contribution >= 4 is 18.3 Å². The van der Waals surface area contributed by atoms with E-state index in [9.17, 15) is 4.79 Å². The number of amides is 1. The molecule has 0 bridgehead atoms. The van der Waals surface area contributed by atoms with E-state index < -0.39 is 0 Å². The van der Waals surface area contributed by atoms with Gasteiger partial charge >= 0.3 is 0 Å². The molecule has 0 aliphatic heterocycles. The van der Waals surface area contributed by atoms with Gasteiger partial charge in [0.2, 0.25) is 11.7 Å². The number of hydrogen-bond acceptors (Lipinski definition) is 5. The number of halogens is 1. The topological polar surface area (TPSA) is 82.8 Å². The summed E-state index contributed by atoms with van der Waals surface area (Å²) < 4.78 is 15.9. The van der Waals surface area contributed by atoms with Crippen LogP contribution >= 0.6 is 12.4 Å². The summed E-state index contributed by atoms with van der Waals surface area (Å²) in [5.41, 5.74) is 6.52. The molecule has 1 aliphatic carbocycles.